The predicted molar refractivity (Wildman–Crippen MR) is 168 cm³/mol. The predicted octanol–water partition coefficient (Wildman–Crippen LogP) is 5.72. The molecule has 4 aromatic rings. The lowest BCUT2D eigenvalue weighted by Gasteiger charge is -2.31. The summed E-state index contributed by atoms with van der Waals surface area (Å²) in [5.41, 5.74) is 6.63. The third kappa shape index (κ3) is 7.27. The van der Waals surface area contributed by atoms with E-state index in [0.717, 1.165) is 65.0 Å². The first-order chi connectivity index (χ1) is 21.0. The van der Waals surface area contributed by atoms with Gasteiger partial charge in [-0.05, 0) is 79.5 Å². The summed E-state index contributed by atoms with van der Waals surface area (Å²) >= 11 is 0. The van der Waals surface area contributed by atoms with Crippen LogP contribution in [0.25, 0.3) is 0 Å². The first-order valence-electron chi connectivity index (χ1n) is 14.8. The Labute approximate surface area is 251 Å². The van der Waals surface area contributed by atoms with Crippen molar-refractivity contribution in [2.45, 2.75) is 45.6 Å². The van der Waals surface area contributed by atoms with Gasteiger partial charge in [-0.1, -0.05) is 30.3 Å². The van der Waals surface area contributed by atoms with E-state index in [2.05, 4.69) is 48.4 Å². The van der Waals surface area contributed by atoms with Crippen LogP contribution in [-0.4, -0.2) is 44.9 Å². The number of amides is 3. The summed E-state index contributed by atoms with van der Waals surface area (Å²) in [7, 11) is 0. The molecule has 4 N–H and O–H groups in total. The average Bonchev–Trinajstić information content (AvgIpc) is 3.02. The van der Waals surface area contributed by atoms with Crippen molar-refractivity contribution in [3.05, 3.63) is 95.4 Å². The van der Waals surface area contributed by atoms with Crippen molar-refractivity contribution < 1.29 is 9.59 Å². The zero-order chi connectivity index (χ0) is 29.6. The Kier molecular flexibility index (Phi) is 8.44. The van der Waals surface area contributed by atoms with Crippen LogP contribution in [0.2, 0.25) is 0 Å². The summed E-state index contributed by atoms with van der Waals surface area (Å²) < 4.78 is 0. The molecule has 1 saturated heterocycles. The van der Waals surface area contributed by atoms with Crippen LogP contribution in [0.4, 0.5) is 33.6 Å². The lowest BCUT2D eigenvalue weighted by molar-refractivity contribution is -0.117. The molecule has 1 fully saturated rings. The molecule has 6 rings (SSSR count). The number of nitrogens with zero attached hydrogens (tertiary/aromatic N) is 4. The maximum absolute atomic E-state index is 13.2. The van der Waals surface area contributed by atoms with Crippen molar-refractivity contribution >= 4 is 40.8 Å². The molecule has 3 amide bonds. The van der Waals surface area contributed by atoms with Gasteiger partial charge in [0.2, 0.25) is 11.9 Å². The second-order valence-electron chi connectivity index (χ2n) is 11.3. The van der Waals surface area contributed by atoms with Gasteiger partial charge in [0.05, 0.1) is 11.9 Å². The second kappa shape index (κ2) is 12.9. The van der Waals surface area contributed by atoms with Crippen molar-refractivity contribution in [2.75, 3.05) is 29.0 Å². The van der Waals surface area contributed by atoms with Crippen LogP contribution in [-0.2, 0) is 24.2 Å². The van der Waals surface area contributed by atoms with Gasteiger partial charge in [-0.15, -0.1) is 0 Å². The first kappa shape index (κ1) is 28.1. The smallest absolute Gasteiger partial charge is 0.317 e. The van der Waals surface area contributed by atoms with E-state index in [-0.39, 0.29) is 17.9 Å². The fourth-order valence-corrected chi connectivity index (χ4v) is 5.56. The van der Waals surface area contributed by atoms with E-state index in [4.69, 9.17) is 0 Å². The Bertz CT molecular complexity index is 1600. The van der Waals surface area contributed by atoms with Gasteiger partial charge in [-0.2, -0.15) is 4.98 Å². The number of urea groups is 1. The van der Waals surface area contributed by atoms with Crippen molar-refractivity contribution in [1.29, 1.82) is 0 Å². The lowest BCUT2D eigenvalue weighted by Crippen LogP contribution is -2.44. The minimum atomic E-state index is -0.0506. The number of likely N-dealkylation sites (tertiary alicyclic amines) is 1. The monoisotopic (exact) mass is 576 g/mol. The summed E-state index contributed by atoms with van der Waals surface area (Å²) in [6.45, 7) is 3.77. The van der Waals surface area contributed by atoms with Crippen LogP contribution in [0.1, 0.15) is 41.5 Å². The number of anilines is 5. The molecule has 2 aliphatic heterocycles. The number of benzene rings is 2. The Morgan fingerprint density at radius 3 is 2.63 bits per heavy atom. The van der Waals surface area contributed by atoms with Gasteiger partial charge in [-0.25, -0.2) is 9.78 Å². The van der Waals surface area contributed by atoms with Gasteiger partial charge < -0.3 is 26.2 Å². The number of nitrogens with one attached hydrogen (secondary N) is 4. The number of pyridine rings is 1. The van der Waals surface area contributed by atoms with E-state index in [1.165, 1.54) is 0 Å². The fourth-order valence-electron chi connectivity index (χ4n) is 5.56. The van der Waals surface area contributed by atoms with E-state index < -0.39 is 0 Å². The Morgan fingerprint density at radius 1 is 0.953 bits per heavy atom. The van der Waals surface area contributed by atoms with Crippen molar-refractivity contribution in [3.63, 3.8) is 0 Å². The van der Waals surface area contributed by atoms with Gasteiger partial charge in [0.25, 0.3) is 0 Å². The number of carbonyl (C=O) groups is 2. The van der Waals surface area contributed by atoms with Crippen LogP contribution >= 0.6 is 0 Å². The number of hydrogen-bond donors (Lipinski definition) is 4. The maximum Gasteiger partial charge on any atom is 0.317 e. The number of rotatable bonds is 5. The molecule has 4 heterocycles. The number of carbonyl (C=O) groups excluding carboxylic acids is 2. The third-order valence-corrected chi connectivity index (χ3v) is 8.01. The van der Waals surface area contributed by atoms with Gasteiger partial charge in [0.1, 0.15) is 5.82 Å². The van der Waals surface area contributed by atoms with Gasteiger partial charge in [-0.3, -0.25) is 9.78 Å². The van der Waals surface area contributed by atoms with E-state index >= 15 is 0 Å². The number of aryl methyl sites for hydroxylation is 3. The van der Waals surface area contributed by atoms with Crippen LogP contribution in [0.5, 0.6) is 0 Å². The molecule has 0 aliphatic carbocycles. The van der Waals surface area contributed by atoms with Crippen LogP contribution in [0.15, 0.2) is 73.2 Å². The molecule has 2 aromatic carbocycles. The third-order valence-electron chi connectivity index (χ3n) is 8.01. The highest BCUT2D eigenvalue weighted by Crippen LogP contribution is 2.28. The summed E-state index contributed by atoms with van der Waals surface area (Å²) in [5, 5.41) is 12.8. The molecular formula is C33H36N8O2. The van der Waals surface area contributed by atoms with Gasteiger partial charge >= 0.3 is 6.03 Å². The molecule has 0 spiro atoms. The highest BCUT2D eigenvalue weighted by atomic mass is 16.2. The molecule has 43 heavy (non-hydrogen) atoms. The SMILES string of the molecule is Cc1cnc2nc1Nc1ccc(NC(=O)CC3CCN(C(=O)NCc4ccccc4)CC3)c(c1)CCc1cncc(c1)N2. The quantitative estimate of drug-likeness (QED) is 0.240. The minimum absolute atomic E-state index is 0.00370. The molecule has 220 valence electrons. The van der Waals surface area contributed by atoms with Gasteiger partial charge in [0, 0.05) is 55.4 Å². The summed E-state index contributed by atoms with van der Waals surface area (Å²) in [4.78, 5) is 41.1. The molecular weight excluding hydrogens is 540 g/mol. The molecule has 2 aromatic heterocycles. The number of hydrogen-bond acceptors (Lipinski definition) is 7. The molecule has 0 saturated carbocycles. The Balaban J connectivity index is 1.09. The Morgan fingerprint density at radius 2 is 1.79 bits per heavy atom. The van der Waals surface area contributed by atoms with Gasteiger partial charge in [0.15, 0.2) is 0 Å². The molecule has 6 bridgehead atoms. The van der Waals surface area contributed by atoms with E-state index in [0.29, 0.717) is 37.8 Å². The number of aromatic nitrogens is 3. The highest BCUT2D eigenvalue weighted by molar-refractivity contribution is 5.92. The summed E-state index contributed by atoms with van der Waals surface area (Å²) in [6, 6.07) is 17.9. The molecule has 0 atom stereocenters. The number of fused-ring (bicyclic) bond motifs is 6. The van der Waals surface area contributed by atoms with Crippen molar-refractivity contribution in [2.24, 2.45) is 5.92 Å². The normalized spacial score (nSPS) is 14.7. The van der Waals surface area contributed by atoms with Crippen LogP contribution in [0, 0.1) is 12.8 Å². The molecule has 0 radical (unpaired) electrons. The topological polar surface area (TPSA) is 124 Å². The fraction of sp³-hybridized carbons (Fsp3) is 0.303. The zero-order valence-electron chi connectivity index (χ0n) is 24.3. The van der Waals surface area contributed by atoms with Crippen LogP contribution in [0.3, 0.4) is 0 Å². The standard InChI is InChI=1S/C33H36N8O2/c1-22-18-35-32-38-28-15-25(19-34-21-28)7-8-26-17-27(37-31(22)40-32)9-10-29(26)39-30(42)16-23-11-13-41(14-12-23)33(43)36-20-24-5-3-2-4-6-24/h2-6,9-10,15,17-19,21,23H,7-8,11-14,16,20H2,1H3,(H,36,43)(H,39,42)(H2,35,37,38,40). The molecule has 2 aliphatic rings. The lowest BCUT2D eigenvalue weighted by atomic mass is 9.93. The average molecular weight is 577 g/mol. The van der Waals surface area contributed by atoms with E-state index in [9.17, 15) is 9.59 Å². The largest absolute Gasteiger partial charge is 0.340 e. The van der Waals surface area contributed by atoms with Crippen molar-refractivity contribution in [1.82, 2.24) is 25.2 Å². The summed E-state index contributed by atoms with van der Waals surface area (Å²) in [5.74, 6) is 1.44. The second-order valence-corrected chi connectivity index (χ2v) is 11.3. The Hall–Kier alpha value is -4.99. The summed E-state index contributed by atoms with van der Waals surface area (Å²) in [6.07, 6.45) is 8.93. The van der Waals surface area contributed by atoms with E-state index in [1.54, 1.807) is 12.4 Å². The molecule has 10 heteroatoms. The minimum Gasteiger partial charge on any atom is -0.340 e. The molecule has 10 nitrogen and oxygen atoms in total. The first-order valence-corrected chi connectivity index (χ1v) is 14.8. The van der Waals surface area contributed by atoms with E-state index in [1.807, 2.05) is 60.5 Å². The maximum atomic E-state index is 13.2. The zero-order valence-corrected chi connectivity index (χ0v) is 24.3. The number of piperidine rings is 1. The van der Waals surface area contributed by atoms with Crippen LogP contribution < -0.4 is 21.3 Å². The highest BCUT2D eigenvalue weighted by Gasteiger charge is 2.25. The van der Waals surface area contributed by atoms with Crippen molar-refractivity contribution in [3.8, 4) is 0 Å². The molecule has 0 unspecified atom stereocenters.